The summed E-state index contributed by atoms with van der Waals surface area (Å²) in [4.78, 5) is 18.2. The van der Waals surface area contributed by atoms with Gasteiger partial charge in [0.1, 0.15) is 11.6 Å². The predicted molar refractivity (Wildman–Crippen MR) is 80.6 cm³/mol. The lowest BCUT2D eigenvalue weighted by Gasteiger charge is -2.18. The van der Waals surface area contributed by atoms with E-state index in [-0.39, 0.29) is 11.7 Å². The van der Waals surface area contributed by atoms with E-state index in [1.165, 1.54) is 17.0 Å². The van der Waals surface area contributed by atoms with E-state index in [1.54, 1.807) is 31.3 Å². The molecule has 0 fully saturated rings. The van der Waals surface area contributed by atoms with Crippen LogP contribution in [0.25, 0.3) is 0 Å². The predicted octanol–water partition coefficient (Wildman–Crippen LogP) is 2.35. The monoisotopic (exact) mass is 288 g/mol. The summed E-state index contributed by atoms with van der Waals surface area (Å²) < 4.78 is 12.9. The van der Waals surface area contributed by atoms with E-state index in [0.717, 1.165) is 5.69 Å². The van der Waals surface area contributed by atoms with Crippen molar-refractivity contribution in [2.75, 3.05) is 17.4 Å². The summed E-state index contributed by atoms with van der Waals surface area (Å²) in [6.07, 6.45) is 0.691. The average molecular weight is 288 g/mol. The number of pyridine rings is 1. The van der Waals surface area contributed by atoms with Crippen LogP contribution < -0.4 is 16.2 Å². The van der Waals surface area contributed by atoms with Crippen LogP contribution in [-0.4, -0.2) is 17.9 Å². The second-order valence-electron chi connectivity index (χ2n) is 4.57. The highest BCUT2D eigenvalue weighted by molar-refractivity contribution is 6.06. The smallest absolute Gasteiger partial charge is 0.258 e. The molecule has 5 nitrogen and oxygen atoms in total. The summed E-state index contributed by atoms with van der Waals surface area (Å²) in [5, 5.41) is 0. The van der Waals surface area contributed by atoms with Gasteiger partial charge < -0.3 is 10.3 Å². The van der Waals surface area contributed by atoms with Gasteiger partial charge in [-0.2, -0.15) is 0 Å². The molecule has 1 amide bonds. The number of amides is 1. The van der Waals surface area contributed by atoms with E-state index in [1.807, 2.05) is 6.92 Å². The van der Waals surface area contributed by atoms with Crippen LogP contribution >= 0.6 is 0 Å². The van der Waals surface area contributed by atoms with E-state index in [2.05, 4.69) is 10.4 Å². The molecular weight excluding hydrogens is 271 g/mol. The number of carbonyl (C=O) groups excluding carboxylic acids is 1. The van der Waals surface area contributed by atoms with Crippen molar-refractivity contribution in [3.05, 3.63) is 53.5 Å². The highest BCUT2D eigenvalue weighted by Gasteiger charge is 2.15. The molecule has 0 aliphatic carbocycles. The van der Waals surface area contributed by atoms with Gasteiger partial charge in [0.25, 0.3) is 5.91 Å². The molecule has 0 spiro atoms. The van der Waals surface area contributed by atoms with Crippen molar-refractivity contribution in [1.82, 2.24) is 4.98 Å². The van der Waals surface area contributed by atoms with Crippen LogP contribution in [-0.2, 0) is 6.42 Å². The number of aromatic nitrogens is 1. The molecule has 3 N–H and O–H groups in total. The molecule has 2 rings (SSSR count). The lowest BCUT2D eigenvalue weighted by molar-refractivity contribution is 0.0993. The Balaban J connectivity index is 2.32. The minimum absolute atomic E-state index is 0.213. The first-order valence-electron chi connectivity index (χ1n) is 6.56. The molecule has 0 saturated heterocycles. The third-order valence-corrected chi connectivity index (χ3v) is 3.15. The molecule has 0 saturated carbocycles. The zero-order valence-electron chi connectivity index (χ0n) is 11.9. The number of hydrogen-bond donors (Lipinski definition) is 2. The summed E-state index contributed by atoms with van der Waals surface area (Å²) in [6.45, 7) is 1.95. The van der Waals surface area contributed by atoms with Gasteiger partial charge in [0.05, 0.1) is 0 Å². The molecular formula is C15H17FN4O. The number of benzene rings is 1. The quantitative estimate of drug-likeness (QED) is 0.669. The maximum Gasteiger partial charge on any atom is 0.258 e. The van der Waals surface area contributed by atoms with E-state index in [0.29, 0.717) is 23.5 Å². The van der Waals surface area contributed by atoms with Gasteiger partial charge in [0.2, 0.25) is 0 Å². The Morgan fingerprint density at radius 2 is 2.00 bits per heavy atom. The first kappa shape index (κ1) is 14.9. The fourth-order valence-corrected chi connectivity index (χ4v) is 1.94. The third kappa shape index (κ3) is 3.35. The SMILES string of the molecule is CCc1cc(C(=O)N(C)c2ccc(F)cc2)cc(NN)n1. The summed E-state index contributed by atoms with van der Waals surface area (Å²) in [7, 11) is 1.64. The van der Waals surface area contributed by atoms with Gasteiger partial charge in [-0.15, -0.1) is 0 Å². The largest absolute Gasteiger partial charge is 0.311 e. The Bertz CT molecular complexity index is 620. The molecule has 0 radical (unpaired) electrons. The Morgan fingerprint density at radius 1 is 1.33 bits per heavy atom. The van der Waals surface area contributed by atoms with Crippen LogP contribution in [0.1, 0.15) is 23.0 Å². The number of nitrogens with one attached hydrogen (secondary N) is 1. The number of anilines is 2. The Hall–Kier alpha value is -2.47. The van der Waals surface area contributed by atoms with Crippen LogP contribution in [0, 0.1) is 5.82 Å². The minimum Gasteiger partial charge on any atom is -0.311 e. The molecule has 21 heavy (non-hydrogen) atoms. The second-order valence-corrected chi connectivity index (χ2v) is 4.57. The highest BCUT2D eigenvalue weighted by Crippen LogP contribution is 2.18. The van der Waals surface area contributed by atoms with Crippen LogP contribution in [0.4, 0.5) is 15.9 Å². The highest BCUT2D eigenvalue weighted by atomic mass is 19.1. The Morgan fingerprint density at radius 3 is 2.57 bits per heavy atom. The van der Waals surface area contributed by atoms with E-state index < -0.39 is 0 Å². The minimum atomic E-state index is -0.341. The summed E-state index contributed by atoms with van der Waals surface area (Å²) in [5.41, 5.74) is 4.30. The van der Waals surface area contributed by atoms with E-state index >= 15 is 0 Å². The van der Waals surface area contributed by atoms with Crippen LogP contribution in [0.5, 0.6) is 0 Å². The number of hydrazine groups is 1. The number of hydrogen-bond acceptors (Lipinski definition) is 4. The molecule has 1 heterocycles. The summed E-state index contributed by atoms with van der Waals surface area (Å²) >= 11 is 0. The van der Waals surface area contributed by atoms with E-state index in [9.17, 15) is 9.18 Å². The van der Waals surface area contributed by atoms with Crippen molar-refractivity contribution in [1.29, 1.82) is 0 Å². The third-order valence-electron chi connectivity index (χ3n) is 3.15. The second kappa shape index (κ2) is 6.32. The first-order chi connectivity index (χ1) is 10.0. The molecule has 6 heteroatoms. The molecule has 0 aliphatic rings. The van der Waals surface area contributed by atoms with Gasteiger partial charge in [-0.3, -0.25) is 4.79 Å². The van der Waals surface area contributed by atoms with Gasteiger partial charge in [-0.05, 0) is 42.8 Å². The Labute approximate surface area is 122 Å². The number of halogens is 1. The summed E-state index contributed by atoms with van der Waals surface area (Å²) in [5.74, 6) is 5.25. The molecule has 2 aromatic rings. The fraction of sp³-hybridized carbons (Fsp3) is 0.200. The molecule has 1 aromatic heterocycles. The summed E-state index contributed by atoms with van der Waals surface area (Å²) in [6, 6.07) is 9.05. The van der Waals surface area contributed by atoms with Crippen molar-refractivity contribution >= 4 is 17.4 Å². The zero-order valence-corrected chi connectivity index (χ0v) is 11.9. The van der Waals surface area contributed by atoms with Crippen molar-refractivity contribution in [2.24, 2.45) is 5.84 Å². The fourth-order valence-electron chi connectivity index (χ4n) is 1.94. The van der Waals surface area contributed by atoms with Crippen LogP contribution in [0.15, 0.2) is 36.4 Å². The maximum atomic E-state index is 12.9. The van der Waals surface area contributed by atoms with Gasteiger partial charge in [-0.25, -0.2) is 15.2 Å². The van der Waals surface area contributed by atoms with Crippen LogP contribution in [0.2, 0.25) is 0 Å². The standard InChI is InChI=1S/C15H17FN4O/c1-3-12-8-10(9-14(18-12)19-17)15(21)20(2)13-6-4-11(16)5-7-13/h4-9H,3,17H2,1-2H3,(H,18,19). The van der Waals surface area contributed by atoms with Gasteiger partial charge in [0, 0.05) is 24.0 Å². The molecule has 0 unspecified atom stereocenters. The number of nitrogens with two attached hydrogens (primary N) is 1. The van der Waals surface area contributed by atoms with Crippen LogP contribution in [0.3, 0.4) is 0 Å². The number of carbonyl (C=O) groups is 1. The maximum absolute atomic E-state index is 12.9. The molecule has 0 atom stereocenters. The molecule has 1 aromatic carbocycles. The van der Waals surface area contributed by atoms with Crippen molar-refractivity contribution in [2.45, 2.75) is 13.3 Å². The molecule has 0 bridgehead atoms. The lowest BCUT2D eigenvalue weighted by atomic mass is 10.1. The number of rotatable bonds is 4. The number of aryl methyl sites for hydroxylation is 1. The normalized spacial score (nSPS) is 10.3. The number of nitrogens with zero attached hydrogens (tertiary/aromatic N) is 2. The topological polar surface area (TPSA) is 71.2 Å². The van der Waals surface area contributed by atoms with Crippen molar-refractivity contribution < 1.29 is 9.18 Å². The zero-order chi connectivity index (χ0) is 15.4. The van der Waals surface area contributed by atoms with Gasteiger partial charge >= 0.3 is 0 Å². The van der Waals surface area contributed by atoms with Gasteiger partial charge in [0.15, 0.2) is 0 Å². The molecule has 110 valence electrons. The molecule has 0 aliphatic heterocycles. The number of nitrogen functional groups attached to an aromatic ring is 1. The average Bonchev–Trinajstić information content (AvgIpc) is 2.53. The van der Waals surface area contributed by atoms with E-state index in [4.69, 9.17) is 5.84 Å². The Kier molecular flexibility index (Phi) is 4.49. The van der Waals surface area contributed by atoms with Gasteiger partial charge in [-0.1, -0.05) is 6.92 Å². The lowest BCUT2D eigenvalue weighted by Crippen LogP contribution is -2.26. The van der Waals surface area contributed by atoms with Crippen molar-refractivity contribution in [3.63, 3.8) is 0 Å². The first-order valence-corrected chi connectivity index (χ1v) is 6.56. The van der Waals surface area contributed by atoms with Crippen molar-refractivity contribution in [3.8, 4) is 0 Å².